The van der Waals surface area contributed by atoms with Gasteiger partial charge in [0.25, 0.3) is 0 Å². The standard InChI is InChI=1S/C14H13F3N2O7S2/c1-2-24-12(20)11-7-4-3-5-9(25-28(22,23)14(15,16)17)10(7)8-6-18(11)13(21)19(8)26-27/h3-5,8,11,27H,2,6H2,1H3. The quantitative estimate of drug-likeness (QED) is 0.245. The molecule has 2 heterocycles. The molecule has 2 amide bonds. The SMILES string of the molecule is CCOC(=O)C1c2cccc(OS(=O)(=O)C(F)(F)F)c2C2CN1C(=O)N2OS. The molecule has 154 valence electrons. The van der Waals surface area contributed by atoms with E-state index in [1.807, 2.05) is 0 Å². The van der Waals surface area contributed by atoms with Crippen LogP contribution in [0.25, 0.3) is 0 Å². The van der Waals surface area contributed by atoms with E-state index in [1.54, 1.807) is 0 Å². The molecule has 1 aromatic rings. The number of nitrogens with zero attached hydrogens (tertiary/aromatic N) is 2. The minimum absolute atomic E-state index is 0.0123. The van der Waals surface area contributed by atoms with Crippen molar-refractivity contribution in [1.29, 1.82) is 0 Å². The van der Waals surface area contributed by atoms with Crippen LogP contribution in [0, 0.1) is 0 Å². The zero-order valence-electron chi connectivity index (χ0n) is 14.0. The molecular weight excluding hydrogens is 429 g/mol. The first kappa shape index (κ1) is 20.5. The highest BCUT2D eigenvalue weighted by atomic mass is 32.2. The molecule has 14 heteroatoms. The molecular formula is C14H13F3N2O7S2. The molecule has 28 heavy (non-hydrogen) atoms. The summed E-state index contributed by atoms with van der Waals surface area (Å²) in [5.74, 6) is -1.52. The van der Waals surface area contributed by atoms with Crippen LogP contribution in [-0.4, -0.2) is 49.0 Å². The lowest BCUT2D eigenvalue weighted by Gasteiger charge is -2.32. The first-order valence-electron chi connectivity index (χ1n) is 7.75. The summed E-state index contributed by atoms with van der Waals surface area (Å²) in [5.41, 5.74) is -5.72. The van der Waals surface area contributed by atoms with E-state index in [4.69, 9.17) is 9.02 Å². The van der Waals surface area contributed by atoms with Crippen molar-refractivity contribution in [2.45, 2.75) is 24.5 Å². The van der Waals surface area contributed by atoms with Gasteiger partial charge in [-0.05, 0) is 18.6 Å². The van der Waals surface area contributed by atoms with Crippen molar-refractivity contribution in [3.8, 4) is 5.75 Å². The molecule has 0 radical (unpaired) electrons. The van der Waals surface area contributed by atoms with Gasteiger partial charge >= 0.3 is 27.6 Å². The number of urea groups is 1. The van der Waals surface area contributed by atoms with Crippen LogP contribution in [-0.2, 0) is 23.9 Å². The van der Waals surface area contributed by atoms with Crippen molar-refractivity contribution in [3.63, 3.8) is 0 Å². The maximum absolute atomic E-state index is 12.8. The summed E-state index contributed by atoms with van der Waals surface area (Å²) in [6, 6.07) is 0.389. The summed E-state index contributed by atoms with van der Waals surface area (Å²) in [7, 11) is -5.98. The lowest BCUT2D eigenvalue weighted by atomic mass is 9.90. The average molecular weight is 442 g/mol. The fourth-order valence-electron chi connectivity index (χ4n) is 3.15. The zero-order chi connectivity index (χ0) is 20.9. The Balaban J connectivity index is 2.16. The minimum Gasteiger partial charge on any atom is -0.464 e. The molecule has 2 aliphatic heterocycles. The number of alkyl halides is 3. The molecule has 0 aromatic heterocycles. The smallest absolute Gasteiger partial charge is 0.464 e. The number of hydrogen-bond donors (Lipinski definition) is 1. The van der Waals surface area contributed by atoms with Crippen LogP contribution in [0.3, 0.4) is 0 Å². The molecule has 3 rings (SSSR count). The number of benzene rings is 1. The predicted molar refractivity (Wildman–Crippen MR) is 88.2 cm³/mol. The zero-order valence-corrected chi connectivity index (χ0v) is 15.8. The molecule has 1 saturated heterocycles. The molecule has 2 atom stereocenters. The highest BCUT2D eigenvalue weighted by molar-refractivity contribution is 7.88. The number of halogens is 3. The Morgan fingerprint density at radius 3 is 2.61 bits per heavy atom. The first-order chi connectivity index (χ1) is 13.0. The Morgan fingerprint density at radius 1 is 1.36 bits per heavy atom. The third-order valence-electron chi connectivity index (χ3n) is 4.21. The van der Waals surface area contributed by atoms with Gasteiger partial charge in [0.1, 0.15) is 11.8 Å². The summed E-state index contributed by atoms with van der Waals surface area (Å²) in [5, 5.41) is 0.703. The lowest BCUT2D eigenvalue weighted by molar-refractivity contribution is -0.148. The molecule has 1 aromatic carbocycles. The van der Waals surface area contributed by atoms with Crippen molar-refractivity contribution in [2.24, 2.45) is 0 Å². The van der Waals surface area contributed by atoms with Crippen LogP contribution in [0.5, 0.6) is 5.75 Å². The Kier molecular flexibility index (Phi) is 5.14. The number of amides is 2. The molecule has 1 fully saturated rings. The number of carbonyl (C=O) groups excluding carboxylic acids is 2. The Labute approximate surface area is 162 Å². The number of fused-ring (bicyclic) bond motifs is 4. The van der Waals surface area contributed by atoms with Gasteiger partial charge < -0.3 is 13.8 Å². The van der Waals surface area contributed by atoms with E-state index in [2.05, 4.69) is 17.1 Å². The van der Waals surface area contributed by atoms with E-state index < -0.39 is 45.5 Å². The van der Waals surface area contributed by atoms with E-state index in [-0.39, 0.29) is 24.3 Å². The fraction of sp³-hybridized carbons (Fsp3) is 0.429. The van der Waals surface area contributed by atoms with Gasteiger partial charge in [0.2, 0.25) is 0 Å². The number of esters is 1. The average Bonchev–Trinajstić information content (AvgIpc) is 2.86. The van der Waals surface area contributed by atoms with E-state index in [9.17, 15) is 31.2 Å². The second-order valence-corrected chi connectivity index (χ2v) is 7.46. The molecule has 9 nitrogen and oxygen atoms in total. The van der Waals surface area contributed by atoms with Crippen LogP contribution in [0.1, 0.15) is 30.1 Å². The van der Waals surface area contributed by atoms with Gasteiger partial charge in [0.15, 0.2) is 6.04 Å². The fourth-order valence-corrected chi connectivity index (χ4v) is 3.81. The molecule has 0 spiro atoms. The number of thiol groups is 1. The highest BCUT2D eigenvalue weighted by Crippen LogP contribution is 2.48. The summed E-state index contributed by atoms with van der Waals surface area (Å²) >= 11 is 3.56. The van der Waals surface area contributed by atoms with Crippen LogP contribution in [0.15, 0.2) is 18.2 Å². The van der Waals surface area contributed by atoms with Gasteiger partial charge in [-0.15, -0.1) is 0 Å². The summed E-state index contributed by atoms with van der Waals surface area (Å²) in [4.78, 5) is 26.0. The maximum atomic E-state index is 12.8. The highest BCUT2D eigenvalue weighted by Gasteiger charge is 2.54. The van der Waals surface area contributed by atoms with Gasteiger partial charge in [-0.25, -0.2) is 13.9 Å². The topological polar surface area (TPSA) is 102 Å². The normalized spacial score (nSPS) is 21.5. The minimum atomic E-state index is -5.98. The van der Waals surface area contributed by atoms with Gasteiger partial charge in [0, 0.05) is 18.5 Å². The third kappa shape index (κ3) is 3.14. The van der Waals surface area contributed by atoms with E-state index in [1.165, 1.54) is 19.1 Å². The molecule has 2 bridgehead atoms. The second kappa shape index (κ2) is 7.00. The predicted octanol–water partition coefficient (Wildman–Crippen LogP) is 2.09. The van der Waals surface area contributed by atoms with Gasteiger partial charge in [-0.3, -0.25) is 0 Å². The van der Waals surface area contributed by atoms with Crippen molar-refractivity contribution in [3.05, 3.63) is 29.3 Å². The Morgan fingerprint density at radius 2 is 2.04 bits per heavy atom. The van der Waals surface area contributed by atoms with Gasteiger partial charge in [-0.2, -0.15) is 26.7 Å². The number of carbonyl (C=O) groups is 2. The maximum Gasteiger partial charge on any atom is 0.534 e. The van der Waals surface area contributed by atoms with Crippen LogP contribution < -0.4 is 4.18 Å². The summed E-state index contributed by atoms with van der Waals surface area (Å²) < 4.78 is 75.1. The summed E-state index contributed by atoms with van der Waals surface area (Å²) in [6.45, 7) is 1.35. The van der Waals surface area contributed by atoms with Crippen molar-refractivity contribution < 1.29 is 44.4 Å². The molecule has 0 aliphatic carbocycles. The molecule has 2 unspecified atom stereocenters. The molecule has 0 saturated carbocycles. The Bertz CT molecular complexity index is 922. The number of hydroxylamine groups is 2. The third-order valence-corrected chi connectivity index (χ3v) is 5.35. The van der Waals surface area contributed by atoms with Crippen molar-refractivity contribution in [2.75, 3.05) is 13.2 Å². The number of rotatable bonds is 5. The number of ether oxygens (including phenoxy) is 1. The van der Waals surface area contributed by atoms with Gasteiger partial charge in [0.05, 0.1) is 13.2 Å². The summed E-state index contributed by atoms with van der Waals surface area (Å²) in [6.07, 6.45) is 0. The van der Waals surface area contributed by atoms with E-state index in [0.29, 0.717) is 5.06 Å². The van der Waals surface area contributed by atoms with Crippen LogP contribution in [0.4, 0.5) is 18.0 Å². The monoisotopic (exact) mass is 442 g/mol. The lowest BCUT2D eigenvalue weighted by Crippen LogP contribution is -2.39. The van der Waals surface area contributed by atoms with Crippen LogP contribution in [0.2, 0.25) is 0 Å². The van der Waals surface area contributed by atoms with Crippen LogP contribution >= 0.6 is 12.9 Å². The first-order valence-corrected chi connectivity index (χ1v) is 9.52. The van der Waals surface area contributed by atoms with Gasteiger partial charge in [-0.1, -0.05) is 12.1 Å². The van der Waals surface area contributed by atoms with Crippen molar-refractivity contribution >= 4 is 35.0 Å². The van der Waals surface area contributed by atoms with Crippen molar-refractivity contribution in [1.82, 2.24) is 9.96 Å². The molecule has 2 aliphatic rings. The Hall–Kier alpha value is -2.19. The number of hydrogen-bond acceptors (Lipinski definition) is 8. The van der Waals surface area contributed by atoms with E-state index >= 15 is 0 Å². The second-order valence-electron chi connectivity index (χ2n) is 5.76. The largest absolute Gasteiger partial charge is 0.534 e. The van der Waals surface area contributed by atoms with E-state index in [0.717, 1.165) is 11.0 Å². The molecule has 0 N–H and O–H groups in total.